The van der Waals surface area contributed by atoms with Crippen molar-refractivity contribution < 1.29 is 31.9 Å². The maximum atomic E-state index is 14.0. The molecule has 4 heterocycles. The van der Waals surface area contributed by atoms with Crippen molar-refractivity contribution in [1.82, 2.24) is 20.0 Å². The van der Waals surface area contributed by atoms with E-state index in [2.05, 4.69) is 58.8 Å². The summed E-state index contributed by atoms with van der Waals surface area (Å²) in [5.74, 6) is 1.23. The number of morpholine rings is 1. The minimum absolute atomic E-state index is 0.00472. The maximum Gasteiger partial charge on any atom is 0.471 e. The number of nitrogens with one attached hydrogen (secondary N) is 2. The molecule has 4 aliphatic heterocycles. The molecular formula is C53H64ClF3N6O4S2. The van der Waals surface area contributed by atoms with Crippen LogP contribution < -0.4 is 20.4 Å². The Bertz CT molecular complexity index is 2320. The number of nitrogens with zero attached hydrogens (tertiary/aromatic N) is 4. The van der Waals surface area contributed by atoms with Crippen LogP contribution in [0.3, 0.4) is 0 Å². The standard InChI is InChI=1S/C53H64ClF3N6O4S2/c54-44-11-6-40(7-12-44)48-16-20-52(37-62(38-52)34-39-17-21-58-22-18-39)33-43(48)35-61-24-26-63(27-25-61)46-13-8-41(9-14-46)51(64)42-10-15-49(50(32-42)66-67-69-53(55,56)57)59-45(19-23-60-28-30-65-31-29-60)36-68-47-4-2-1-3-5-47/h1-15,32,39,45,58-59H,16-31,33-38H2. The SMILES string of the molecule is O=C(c1ccc(N2CCN(CC3=C(c4ccc(Cl)cc4)CCC4(C3)CN(CC3CCNCC3)C4)CC2)cc1)c1ccc(NC(CCN2CCOCC2)CSc2ccccc2)c(OOSC(F)(F)F)c1. The second-order valence-corrected chi connectivity index (χ2v) is 21.7. The van der Waals surface area contributed by atoms with Crippen molar-refractivity contribution in [2.45, 2.75) is 55.0 Å². The number of alkyl halides is 3. The number of piperazine rings is 1. The number of carbonyl (C=O) groups excluding carboxylic acids is 1. The zero-order valence-electron chi connectivity index (χ0n) is 39.2. The lowest BCUT2D eigenvalue weighted by molar-refractivity contribution is -0.106. The minimum Gasteiger partial charge on any atom is -0.379 e. The fourth-order valence-electron chi connectivity index (χ4n) is 10.8. The first-order valence-corrected chi connectivity index (χ1v) is 26.6. The first-order chi connectivity index (χ1) is 33.5. The van der Waals surface area contributed by atoms with Gasteiger partial charge >= 0.3 is 5.51 Å². The molecule has 4 saturated heterocycles. The van der Waals surface area contributed by atoms with Crippen molar-refractivity contribution in [2.24, 2.45) is 11.3 Å². The van der Waals surface area contributed by atoms with Crippen LogP contribution in [0.5, 0.6) is 5.75 Å². The summed E-state index contributed by atoms with van der Waals surface area (Å²) in [6.45, 7) is 14.4. The topological polar surface area (TPSA) is 81.8 Å². The molecule has 16 heteroatoms. The van der Waals surface area contributed by atoms with E-state index in [-0.39, 0.29) is 23.1 Å². The Kier molecular flexibility index (Phi) is 17.2. The molecule has 1 atom stereocenters. The van der Waals surface area contributed by atoms with Crippen LogP contribution in [0.2, 0.25) is 5.02 Å². The third-order valence-electron chi connectivity index (χ3n) is 14.4. The highest BCUT2D eigenvalue weighted by Gasteiger charge is 2.46. The number of allylic oxidation sites excluding steroid dienone is 1. The molecule has 0 aromatic heterocycles. The number of carbonyl (C=O) groups is 1. The quantitative estimate of drug-likeness (QED) is 0.0309. The molecule has 9 rings (SSSR count). The summed E-state index contributed by atoms with van der Waals surface area (Å²) in [5.41, 5.74) is 2.29. The van der Waals surface area contributed by atoms with Crippen LogP contribution >= 0.6 is 35.4 Å². The van der Waals surface area contributed by atoms with E-state index in [1.54, 1.807) is 29.5 Å². The van der Waals surface area contributed by atoms with Gasteiger partial charge in [-0.3, -0.25) is 14.6 Å². The molecule has 4 aromatic rings. The average Bonchev–Trinajstić information content (AvgIpc) is 3.36. The van der Waals surface area contributed by atoms with E-state index in [0.29, 0.717) is 35.6 Å². The lowest BCUT2D eigenvalue weighted by Crippen LogP contribution is -2.59. The Morgan fingerprint density at radius 2 is 1.59 bits per heavy atom. The predicted molar refractivity (Wildman–Crippen MR) is 273 cm³/mol. The van der Waals surface area contributed by atoms with Crippen molar-refractivity contribution in [2.75, 3.05) is 114 Å². The minimum atomic E-state index is -4.68. The molecule has 10 nitrogen and oxygen atoms in total. The number of likely N-dealkylation sites (tertiary alicyclic amines) is 1. The zero-order chi connectivity index (χ0) is 47.6. The van der Waals surface area contributed by atoms with E-state index in [9.17, 15) is 18.0 Å². The van der Waals surface area contributed by atoms with Gasteiger partial charge in [-0.1, -0.05) is 47.5 Å². The number of ketones is 1. The average molecular weight is 1010 g/mol. The van der Waals surface area contributed by atoms with E-state index in [1.165, 1.54) is 56.1 Å². The summed E-state index contributed by atoms with van der Waals surface area (Å²) in [6.07, 6.45) is 6.83. The molecular weight excluding hydrogens is 941 g/mol. The van der Waals surface area contributed by atoms with Gasteiger partial charge in [0.15, 0.2) is 23.6 Å². The molecule has 370 valence electrons. The molecule has 4 aromatic carbocycles. The van der Waals surface area contributed by atoms with Gasteiger partial charge in [-0.2, -0.15) is 13.2 Å². The number of piperidine rings is 1. The van der Waals surface area contributed by atoms with Crippen molar-refractivity contribution in [1.29, 1.82) is 0 Å². The molecule has 0 bridgehead atoms. The van der Waals surface area contributed by atoms with Crippen LogP contribution in [0.1, 0.15) is 60.0 Å². The highest BCUT2D eigenvalue weighted by atomic mass is 35.5. The monoisotopic (exact) mass is 1000 g/mol. The number of benzene rings is 4. The molecule has 4 fully saturated rings. The smallest absolute Gasteiger partial charge is 0.379 e. The number of anilines is 2. The van der Waals surface area contributed by atoms with E-state index < -0.39 is 17.6 Å². The third kappa shape index (κ3) is 14.0. The van der Waals surface area contributed by atoms with Crippen LogP contribution in [0, 0.1) is 11.3 Å². The normalized spacial score (nSPS) is 20.2. The van der Waals surface area contributed by atoms with Crippen LogP contribution in [-0.4, -0.2) is 136 Å². The Balaban J connectivity index is 0.834. The molecule has 1 spiro atoms. The molecule has 0 amide bonds. The first-order valence-electron chi connectivity index (χ1n) is 24.5. The molecule has 69 heavy (non-hydrogen) atoms. The van der Waals surface area contributed by atoms with E-state index in [4.69, 9.17) is 21.2 Å². The molecule has 1 aliphatic carbocycles. The van der Waals surface area contributed by atoms with E-state index >= 15 is 0 Å². The second-order valence-electron chi connectivity index (χ2n) is 19.4. The number of hydrogen-bond donors (Lipinski definition) is 2. The molecule has 1 unspecified atom stereocenters. The summed E-state index contributed by atoms with van der Waals surface area (Å²) < 4.78 is 49.7. The maximum absolute atomic E-state index is 14.0. The summed E-state index contributed by atoms with van der Waals surface area (Å²) in [7, 11) is 0. The summed E-state index contributed by atoms with van der Waals surface area (Å²) in [4.78, 5) is 30.4. The van der Waals surface area contributed by atoms with Gasteiger partial charge in [0, 0.05) is 111 Å². The van der Waals surface area contributed by atoms with Gasteiger partial charge in [-0.25, -0.2) is 0 Å². The fourth-order valence-corrected chi connectivity index (χ4v) is 12.1. The van der Waals surface area contributed by atoms with Crippen LogP contribution in [-0.2, 0) is 9.07 Å². The molecule has 2 N–H and O–H groups in total. The second kappa shape index (κ2) is 23.6. The number of hydrogen-bond acceptors (Lipinski definition) is 12. The summed E-state index contributed by atoms with van der Waals surface area (Å²) in [6, 6.07) is 30.8. The Hall–Kier alpha value is -3.77. The highest BCUT2D eigenvalue weighted by Crippen LogP contribution is 2.49. The van der Waals surface area contributed by atoms with Crippen molar-refractivity contribution in [3.05, 3.63) is 124 Å². The molecule has 0 saturated carbocycles. The summed E-state index contributed by atoms with van der Waals surface area (Å²) >= 11 is 7.28. The predicted octanol–water partition coefficient (Wildman–Crippen LogP) is 10.4. The number of halogens is 4. The lowest BCUT2D eigenvalue weighted by atomic mass is 9.65. The lowest BCUT2D eigenvalue weighted by Gasteiger charge is -2.54. The van der Waals surface area contributed by atoms with Crippen molar-refractivity contribution >= 4 is 58.1 Å². The number of rotatable bonds is 19. The first kappa shape index (κ1) is 50.2. The van der Waals surface area contributed by atoms with Crippen LogP contribution in [0.15, 0.2) is 108 Å². The van der Waals surface area contributed by atoms with Crippen molar-refractivity contribution in [3.8, 4) is 5.75 Å². The molecule has 5 aliphatic rings. The zero-order valence-corrected chi connectivity index (χ0v) is 41.6. The Morgan fingerprint density at radius 3 is 2.32 bits per heavy atom. The third-order valence-corrected chi connectivity index (χ3v) is 16.2. The summed E-state index contributed by atoms with van der Waals surface area (Å²) in [5, 5.41) is 7.79. The Labute approximate surface area is 418 Å². The van der Waals surface area contributed by atoms with E-state index in [0.717, 1.165) is 106 Å². The van der Waals surface area contributed by atoms with Gasteiger partial charge in [0.2, 0.25) is 0 Å². The van der Waals surface area contributed by atoms with Gasteiger partial charge in [0.25, 0.3) is 0 Å². The highest BCUT2D eigenvalue weighted by molar-refractivity contribution is 7.99. The number of ether oxygens (including phenoxy) is 1. The number of thioether (sulfide) groups is 1. The van der Waals surface area contributed by atoms with Crippen molar-refractivity contribution in [3.63, 3.8) is 0 Å². The van der Waals surface area contributed by atoms with Gasteiger partial charge in [-0.05, 0) is 141 Å². The van der Waals surface area contributed by atoms with Gasteiger partial charge in [-0.15, -0.1) is 16.1 Å². The molecule has 0 radical (unpaired) electrons. The van der Waals surface area contributed by atoms with Gasteiger partial charge < -0.3 is 30.1 Å². The fraction of sp³-hybridized carbons (Fsp3) is 0.491. The van der Waals surface area contributed by atoms with Gasteiger partial charge in [0.1, 0.15) is 0 Å². The Morgan fingerprint density at radius 1 is 0.870 bits per heavy atom. The van der Waals surface area contributed by atoms with Gasteiger partial charge in [0.05, 0.1) is 18.9 Å². The largest absolute Gasteiger partial charge is 0.471 e. The van der Waals surface area contributed by atoms with Crippen LogP contribution in [0.25, 0.3) is 5.57 Å². The van der Waals surface area contributed by atoms with Crippen LogP contribution in [0.4, 0.5) is 24.5 Å². The van der Waals surface area contributed by atoms with E-state index in [1.807, 2.05) is 54.6 Å².